The maximum Gasteiger partial charge on any atom is 0.226 e. The summed E-state index contributed by atoms with van der Waals surface area (Å²) in [5, 5.41) is 3.08. The molecule has 1 unspecified atom stereocenters. The van der Waals surface area contributed by atoms with Crippen molar-refractivity contribution in [1.82, 2.24) is 10.2 Å². The van der Waals surface area contributed by atoms with Gasteiger partial charge in [-0.3, -0.25) is 4.79 Å². The maximum atomic E-state index is 12.2. The third-order valence-corrected chi connectivity index (χ3v) is 3.85. The molecule has 1 rings (SSSR count). The van der Waals surface area contributed by atoms with Gasteiger partial charge in [0, 0.05) is 24.6 Å². The van der Waals surface area contributed by atoms with Crippen LogP contribution in [0.5, 0.6) is 0 Å². The molecule has 3 nitrogen and oxygen atoms in total. The van der Waals surface area contributed by atoms with Crippen LogP contribution in [0.3, 0.4) is 0 Å². The number of hydrogen-bond donors (Lipinski definition) is 1. The molecule has 106 valence electrons. The van der Waals surface area contributed by atoms with Gasteiger partial charge in [-0.25, -0.2) is 0 Å². The van der Waals surface area contributed by atoms with Crippen LogP contribution in [0, 0.1) is 5.92 Å². The Labute approximate surface area is 124 Å². The van der Waals surface area contributed by atoms with E-state index < -0.39 is 0 Å². The minimum atomic E-state index is 0.0833. The Bertz CT molecular complexity index is 392. The Kier molecular flexibility index (Phi) is 7.10. The lowest BCUT2D eigenvalue weighted by Crippen LogP contribution is -2.38. The molecule has 1 aromatic carbocycles. The van der Waals surface area contributed by atoms with E-state index in [1.807, 2.05) is 31.1 Å². The molecule has 0 aliphatic heterocycles. The van der Waals surface area contributed by atoms with Gasteiger partial charge in [-0.2, -0.15) is 0 Å². The lowest BCUT2D eigenvalue weighted by molar-refractivity contribution is -0.134. The van der Waals surface area contributed by atoms with E-state index in [1.54, 1.807) is 0 Å². The summed E-state index contributed by atoms with van der Waals surface area (Å²) in [7, 11) is 3.78. The van der Waals surface area contributed by atoms with Crippen LogP contribution in [0.4, 0.5) is 0 Å². The highest BCUT2D eigenvalue weighted by atomic mass is 79.9. The topological polar surface area (TPSA) is 32.3 Å². The van der Waals surface area contributed by atoms with Crippen LogP contribution in [0.15, 0.2) is 28.7 Å². The van der Waals surface area contributed by atoms with Crippen LogP contribution in [-0.4, -0.2) is 38.0 Å². The van der Waals surface area contributed by atoms with Gasteiger partial charge in [0.05, 0.1) is 5.92 Å². The van der Waals surface area contributed by atoms with Gasteiger partial charge in [0.15, 0.2) is 0 Å². The maximum absolute atomic E-state index is 12.2. The second-order valence-corrected chi connectivity index (χ2v) is 5.71. The first kappa shape index (κ1) is 16.2. The second-order valence-electron chi connectivity index (χ2n) is 4.80. The Morgan fingerprint density at radius 2 is 2.00 bits per heavy atom. The molecular weight excluding hydrogens is 304 g/mol. The van der Waals surface area contributed by atoms with E-state index in [9.17, 15) is 4.79 Å². The first-order valence-corrected chi connectivity index (χ1v) is 7.51. The van der Waals surface area contributed by atoms with Gasteiger partial charge in [0.2, 0.25) is 5.91 Å². The van der Waals surface area contributed by atoms with Crippen molar-refractivity contribution in [1.29, 1.82) is 0 Å². The van der Waals surface area contributed by atoms with Crippen LogP contribution in [0.2, 0.25) is 0 Å². The predicted molar refractivity (Wildman–Crippen MR) is 83.2 cm³/mol. The normalized spacial score (nSPS) is 12.2. The number of rotatable bonds is 7. The first-order valence-electron chi connectivity index (χ1n) is 6.72. The average Bonchev–Trinajstić information content (AvgIpc) is 2.43. The van der Waals surface area contributed by atoms with E-state index in [0.29, 0.717) is 0 Å². The summed E-state index contributed by atoms with van der Waals surface area (Å²) in [4.78, 5) is 14.1. The highest BCUT2D eigenvalue weighted by Gasteiger charge is 2.19. The molecule has 1 N–H and O–H groups in total. The lowest BCUT2D eigenvalue weighted by atomic mass is 10.0. The molecule has 4 heteroatoms. The van der Waals surface area contributed by atoms with Gasteiger partial charge in [0.1, 0.15) is 0 Å². The number of benzene rings is 1. The summed E-state index contributed by atoms with van der Waals surface area (Å²) in [6.45, 7) is 3.57. The van der Waals surface area contributed by atoms with E-state index in [0.717, 1.165) is 30.4 Å². The number of nitrogens with zero attached hydrogens (tertiary/aromatic N) is 1. The van der Waals surface area contributed by atoms with Crippen molar-refractivity contribution < 1.29 is 4.79 Å². The summed E-state index contributed by atoms with van der Waals surface area (Å²) < 4.78 is 1.08. The van der Waals surface area contributed by atoms with Crippen molar-refractivity contribution >= 4 is 21.8 Å². The summed E-state index contributed by atoms with van der Waals surface area (Å²) in [5.41, 5.74) is 1.25. The van der Waals surface area contributed by atoms with Crippen molar-refractivity contribution in [2.75, 3.05) is 27.2 Å². The molecule has 0 heterocycles. The lowest BCUT2D eigenvalue weighted by Gasteiger charge is -2.23. The number of halogens is 1. The van der Waals surface area contributed by atoms with Gasteiger partial charge < -0.3 is 10.2 Å². The van der Waals surface area contributed by atoms with Crippen LogP contribution in [-0.2, 0) is 11.2 Å². The molecule has 0 radical (unpaired) electrons. The summed E-state index contributed by atoms with van der Waals surface area (Å²) in [6, 6.07) is 8.25. The quantitative estimate of drug-likeness (QED) is 0.835. The second kappa shape index (κ2) is 8.33. The molecule has 1 amide bonds. The SMILES string of the molecule is CCC(CNC)C(=O)N(C)CCc1ccc(Br)cc1. The van der Waals surface area contributed by atoms with Crippen molar-refractivity contribution in [3.63, 3.8) is 0 Å². The van der Waals surface area contributed by atoms with Crippen molar-refractivity contribution in [3.05, 3.63) is 34.3 Å². The zero-order valence-electron chi connectivity index (χ0n) is 11.9. The molecule has 0 bridgehead atoms. The Morgan fingerprint density at radius 1 is 1.37 bits per heavy atom. The van der Waals surface area contributed by atoms with Gasteiger partial charge in [0.25, 0.3) is 0 Å². The fourth-order valence-electron chi connectivity index (χ4n) is 2.02. The number of likely N-dealkylation sites (N-methyl/N-ethyl adjacent to an activating group) is 1. The monoisotopic (exact) mass is 326 g/mol. The predicted octanol–water partition coefficient (Wildman–Crippen LogP) is 2.70. The molecule has 0 saturated carbocycles. The number of amides is 1. The van der Waals surface area contributed by atoms with Crippen LogP contribution in [0.25, 0.3) is 0 Å². The zero-order chi connectivity index (χ0) is 14.3. The van der Waals surface area contributed by atoms with Gasteiger partial charge in [-0.1, -0.05) is 35.0 Å². The summed E-state index contributed by atoms with van der Waals surface area (Å²) in [6.07, 6.45) is 1.77. The molecule has 1 aromatic rings. The molecule has 0 fully saturated rings. The van der Waals surface area contributed by atoms with Crippen molar-refractivity contribution in [3.8, 4) is 0 Å². The Morgan fingerprint density at radius 3 is 2.53 bits per heavy atom. The van der Waals surface area contributed by atoms with Gasteiger partial charge in [-0.05, 0) is 37.6 Å². The molecule has 0 saturated heterocycles. The fourth-order valence-corrected chi connectivity index (χ4v) is 2.29. The van der Waals surface area contributed by atoms with E-state index >= 15 is 0 Å². The van der Waals surface area contributed by atoms with Gasteiger partial charge in [-0.15, -0.1) is 0 Å². The minimum Gasteiger partial charge on any atom is -0.345 e. The first-order chi connectivity index (χ1) is 9.08. The van der Waals surface area contributed by atoms with Crippen molar-refractivity contribution in [2.45, 2.75) is 19.8 Å². The minimum absolute atomic E-state index is 0.0833. The molecular formula is C15H23BrN2O. The van der Waals surface area contributed by atoms with E-state index in [4.69, 9.17) is 0 Å². The van der Waals surface area contributed by atoms with E-state index in [1.165, 1.54) is 5.56 Å². The number of carbonyl (C=O) groups is 1. The van der Waals surface area contributed by atoms with Crippen LogP contribution in [0.1, 0.15) is 18.9 Å². The highest BCUT2D eigenvalue weighted by Crippen LogP contribution is 2.12. The number of nitrogens with one attached hydrogen (secondary N) is 1. The summed E-state index contributed by atoms with van der Waals surface area (Å²) in [5.74, 6) is 0.314. The number of hydrogen-bond acceptors (Lipinski definition) is 2. The third kappa shape index (κ3) is 5.33. The molecule has 0 aliphatic rings. The smallest absolute Gasteiger partial charge is 0.226 e. The zero-order valence-corrected chi connectivity index (χ0v) is 13.5. The van der Waals surface area contributed by atoms with E-state index in [-0.39, 0.29) is 11.8 Å². The Hall–Kier alpha value is -0.870. The average molecular weight is 327 g/mol. The fraction of sp³-hybridized carbons (Fsp3) is 0.533. The molecule has 0 aliphatic carbocycles. The highest BCUT2D eigenvalue weighted by molar-refractivity contribution is 9.10. The van der Waals surface area contributed by atoms with Crippen LogP contribution >= 0.6 is 15.9 Å². The van der Waals surface area contributed by atoms with Crippen LogP contribution < -0.4 is 5.32 Å². The Balaban J connectivity index is 2.47. The van der Waals surface area contributed by atoms with E-state index in [2.05, 4.69) is 40.3 Å². The third-order valence-electron chi connectivity index (χ3n) is 3.32. The van der Waals surface area contributed by atoms with Gasteiger partial charge >= 0.3 is 0 Å². The summed E-state index contributed by atoms with van der Waals surface area (Å²) >= 11 is 3.42. The molecule has 19 heavy (non-hydrogen) atoms. The molecule has 1 atom stereocenters. The standard InChI is InChI=1S/C15H23BrN2O/c1-4-13(11-17-2)15(19)18(3)10-9-12-5-7-14(16)8-6-12/h5-8,13,17H,4,9-11H2,1-3H3. The molecule has 0 spiro atoms. The molecule has 0 aromatic heterocycles. The number of carbonyl (C=O) groups excluding carboxylic acids is 1. The largest absolute Gasteiger partial charge is 0.345 e. The van der Waals surface area contributed by atoms with Crippen molar-refractivity contribution in [2.24, 2.45) is 5.92 Å².